The summed E-state index contributed by atoms with van der Waals surface area (Å²) in [6, 6.07) is 5.23. The third kappa shape index (κ3) is 3.60. The van der Waals surface area contributed by atoms with E-state index in [1.807, 2.05) is 0 Å². The Balaban J connectivity index is 1.62. The Morgan fingerprint density at radius 2 is 1.90 bits per heavy atom. The van der Waals surface area contributed by atoms with Gasteiger partial charge in [-0.2, -0.15) is 4.68 Å². The summed E-state index contributed by atoms with van der Waals surface area (Å²) in [5.41, 5.74) is 0.638. The molecule has 10 nitrogen and oxygen atoms in total. The van der Waals surface area contributed by atoms with E-state index in [1.165, 1.54) is 22.7 Å². The summed E-state index contributed by atoms with van der Waals surface area (Å²) in [4.78, 5) is 31.6. The van der Waals surface area contributed by atoms with Crippen LogP contribution >= 0.6 is 0 Å². The summed E-state index contributed by atoms with van der Waals surface area (Å²) in [6.07, 6.45) is 3.34. The van der Waals surface area contributed by atoms with Crippen LogP contribution in [0.3, 0.4) is 0 Å². The molecule has 1 amide bonds. The fraction of sp³-hybridized carbons (Fsp3) is 0.450. The minimum Gasteiger partial charge on any atom is -0.493 e. The molecule has 0 saturated carbocycles. The molecule has 1 aromatic carbocycles. The number of hydrogen-bond acceptors (Lipinski definition) is 7. The van der Waals surface area contributed by atoms with Gasteiger partial charge in [0, 0.05) is 19.2 Å². The molecule has 2 aromatic heterocycles. The average molecular weight is 412 g/mol. The van der Waals surface area contributed by atoms with Crippen LogP contribution in [0.5, 0.6) is 11.5 Å². The van der Waals surface area contributed by atoms with E-state index < -0.39 is 5.56 Å². The van der Waals surface area contributed by atoms with E-state index in [-0.39, 0.29) is 18.0 Å². The fourth-order valence-electron chi connectivity index (χ4n) is 3.59. The van der Waals surface area contributed by atoms with Crippen LogP contribution in [0.25, 0.3) is 16.9 Å². The highest BCUT2D eigenvalue weighted by molar-refractivity contribution is 5.77. The van der Waals surface area contributed by atoms with Crippen molar-refractivity contribution in [2.24, 2.45) is 5.92 Å². The standard InChI is InChI=1S/C20H24N6O4/c1-13-6-8-24(9-7-13)17(27)11-25-12-21-19-18(20(25)28)22-23-26(19)14-4-5-15(29-2)16(10-14)30-3/h4-5,10,12-13H,6-9,11H2,1-3H3. The van der Waals surface area contributed by atoms with Crippen molar-refractivity contribution in [3.63, 3.8) is 0 Å². The number of carbonyl (C=O) groups excluding carboxylic acids is 1. The van der Waals surface area contributed by atoms with Crippen LogP contribution in [0.1, 0.15) is 19.8 Å². The molecule has 0 unspecified atom stereocenters. The first-order valence-electron chi connectivity index (χ1n) is 9.83. The van der Waals surface area contributed by atoms with Gasteiger partial charge in [0.25, 0.3) is 5.56 Å². The maximum Gasteiger partial charge on any atom is 0.284 e. The number of amides is 1. The summed E-state index contributed by atoms with van der Waals surface area (Å²) < 4.78 is 13.3. The van der Waals surface area contributed by atoms with Gasteiger partial charge in [0.15, 0.2) is 22.7 Å². The third-order valence-electron chi connectivity index (χ3n) is 5.48. The molecular weight excluding hydrogens is 388 g/mol. The molecule has 0 atom stereocenters. The van der Waals surface area contributed by atoms with Gasteiger partial charge in [-0.15, -0.1) is 5.10 Å². The summed E-state index contributed by atoms with van der Waals surface area (Å²) in [7, 11) is 3.09. The second kappa shape index (κ2) is 8.13. The van der Waals surface area contributed by atoms with Crippen molar-refractivity contribution in [3.05, 3.63) is 34.9 Å². The minimum absolute atomic E-state index is 0.0562. The van der Waals surface area contributed by atoms with Gasteiger partial charge >= 0.3 is 0 Å². The number of hydrogen-bond donors (Lipinski definition) is 0. The number of nitrogens with zero attached hydrogens (tertiary/aromatic N) is 6. The zero-order valence-electron chi connectivity index (χ0n) is 17.2. The molecule has 1 fully saturated rings. The van der Waals surface area contributed by atoms with Gasteiger partial charge in [0.1, 0.15) is 12.9 Å². The Hall–Kier alpha value is -3.43. The van der Waals surface area contributed by atoms with Crippen molar-refractivity contribution in [3.8, 4) is 17.2 Å². The second-order valence-corrected chi connectivity index (χ2v) is 7.45. The number of carbonyl (C=O) groups is 1. The molecule has 1 saturated heterocycles. The summed E-state index contributed by atoms with van der Waals surface area (Å²) >= 11 is 0. The first-order valence-corrected chi connectivity index (χ1v) is 9.83. The quantitative estimate of drug-likeness (QED) is 0.621. The zero-order chi connectivity index (χ0) is 21.3. The predicted octanol–water partition coefficient (Wildman–Crippen LogP) is 1.25. The zero-order valence-corrected chi connectivity index (χ0v) is 17.2. The molecule has 158 valence electrons. The van der Waals surface area contributed by atoms with Gasteiger partial charge in [0.05, 0.1) is 19.9 Å². The molecule has 0 spiro atoms. The van der Waals surface area contributed by atoms with Crippen LogP contribution in [-0.2, 0) is 11.3 Å². The van der Waals surface area contributed by atoms with Crippen molar-refractivity contribution in [2.75, 3.05) is 27.3 Å². The predicted molar refractivity (Wildman–Crippen MR) is 109 cm³/mol. The van der Waals surface area contributed by atoms with Crippen molar-refractivity contribution in [1.29, 1.82) is 0 Å². The van der Waals surface area contributed by atoms with Crippen LogP contribution in [0.15, 0.2) is 29.3 Å². The molecule has 0 aliphatic carbocycles. The number of fused-ring (bicyclic) bond motifs is 1. The third-order valence-corrected chi connectivity index (χ3v) is 5.48. The highest BCUT2D eigenvalue weighted by Crippen LogP contribution is 2.29. The number of aromatic nitrogens is 5. The first-order chi connectivity index (χ1) is 14.5. The highest BCUT2D eigenvalue weighted by Gasteiger charge is 2.22. The first kappa shape index (κ1) is 19.9. The summed E-state index contributed by atoms with van der Waals surface area (Å²) in [5, 5.41) is 8.08. The van der Waals surface area contributed by atoms with Gasteiger partial charge in [-0.3, -0.25) is 14.2 Å². The van der Waals surface area contributed by atoms with Crippen molar-refractivity contribution >= 4 is 17.1 Å². The fourth-order valence-corrected chi connectivity index (χ4v) is 3.59. The van der Waals surface area contributed by atoms with Crippen molar-refractivity contribution in [1.82, 2.24) is 29.4 Å². The number of ether oxygens (including phenoxy) is 2. The lowest BCUT2D eigenvalue weighted by Gasteiger charge is -2.30. The maximum absolute atomic E-state index is 12.9. The Bertz CT molecular complexity index is 1130. The minimum atomic E-state index is -0.398. The molecule has 10 heteroatoms. The SMILES string of the molecule is COc1ccc(-n2nnc3c(=O)n(CC(=O)N4CCC(C)CC4)cnc32)cc1OC. The van der Waals surface area contributed by atoms with Crippen LogP contribution in [0.4, 0.5) is 0 Å². The number of benzene rings is 1. The van der Waals surface area contributed by atoms with E-state index in [4.69, 9.17) is 9.47 Å². The summed E-state index contributed by atoms with van der Waals surface area (Å²) in [6.45, 7) is 3.57. The van der Waals surface area contributed by atoms with E-state index in [2.05, 4.69) is 22.2 Å². The molecule has 4 rings (SSSR count). The Morgan fingerprint density at radius 3 is 2.60 bits per heavy atom. The van der Waals surface area contributed by atoms with Crippen LogP contribution in [0, 0.1) is 5.92 Å². The van der Waals surface area contributed by atoms with Gasteiger partial charge < -0.3 is 14.4 Å². The van der Waals surface area contributed by atoms with E-state index in [1.54, 1.807) is 30.2 Å². The number of likely N-dealkylation sites (tertiary alicyclic amines) is 1. The molecule has 3 aromatic rings. The number of rotatable bonds is 5. The largest absolute Gasteiger partial charge is 0.493 e. The summed E-state index contributed by atoms with van der Waals surface area (Å²) in [5.74, 6) is 1.64. The molecule has 1 aliphatic rings. The average Bonchev–Trinajstić information content (AvgIpc) is 3.20. The topological polar surface area (TPSA) is 104 Å². The molecular formula is C20H24N6O4. The van der Waals surface area contributed by atoms with E-state index in [9.17, 15) is 9.59 Å². The van der Waals surface area contributed by atoms with Gasteiger partial charge in [-0.25, -0.2) is 4.98 Å². The molecule has 1 aliphatic heterocycles. The van der Waals surface area contributed by atoms with E-state index in [0.717, 1.165) is 25.9 Å². The molecule has 30 heavy (non-hydrogen) atoms. The van der Waals surface area contributed by atoms with Crippen molar-refractivity contribution < 1.29 is 14.3 Å². The molecule has 3 heterocycles. The monoisotopic (exact) mass is 412 g/mol. The Labute approximate surface area is 173 Å². The van der Waals surface area contributed by atoms with Crippen LogP contribution < -0.4 is 15.0 Å². The van der Waals surface area contributed by atoms with Crippen LogP contribution in [-0.4, -0.2) is 62.7 Å². The molecule has 0 bridgehead atoms. The van der Waals surface area contributed by atoms with Crippen molar-refractivity contribution in [2.45, 2.75) is 26.3 Å². The van der Waals surface area contributed by atoms with Gasteiger partial charge in [0.2, 0.25) is 5.91 Å². The lowest BCUT2D eigenvalue weighted by molar-refractivity contribution is -0.133. The Morgan fingerprint density at radius 1 is 1.17 bits per heavy atom. The van der Waals surface area contributed by atoms with E-state index in [0.29, 0.717) is 28.8 Å². The van der Waals surface area contributed by atoms with Crippen LogP contribution in [0.2, 0.25) is 0 Å². The number of methoxy groups -OCH3 is 2. The lowest BCUT2D eigenvalue weighted by atomic mass is 9.99. The normalized spacial score (nSPS) is 14.8. The Kier molecular flexibility index (Phi) is 5.39. The second-order valence-electron chi connectivity index (χ2n) is 7.45. The molecule has 0 radical (unpaired) electrons. The van der Waals surface area contributed by atoms with E-state index >= 15 is 0 Å². The maximum atomic E-state index is 12.9. The highest BCUT2D eigenvalue weighted by atomic mass is 16.5. The smallest absolute Gasteiger partial charge is 0.284 e. The van der Waals surface area contributed by atoms with Gasteiger partial charge in [-0.1, -0.05) is 12.1 Å². The number of piperidine rings is 1. The van der Waals surface area contributed by atoms with Gasteiger partial charge in [-0.05, 0) is 30.9 Å². The molecule has 0 N–H and O–H groups in total. The lowest BCUT2D eigenvalue weighted by Crippen LogP contribution is -2.41.